The molecule has 0 bridgehead atoms. The molecule has 0 aliphatic carbocycles. The molecule has 2 aliphatic rings. The zero-order chi connectivity index (χ0) is 80.0. The first kappa shape index (κ1) is 90.4. The van der Waals surface area contributed by atoms with E-state index in [1.54, 1.807) is 80.5 Å². The average Bonchev–Trinajstić information content (AvgIpc) is 0.838. The van der Waals surface area contributed by atoms with Crippen LogP contribution in [0.5, 0.6) is 0 Å². The molecule has 6 rings (SSSR count). The third-order valence-electron chi connectivity index (χ3n) is 15.6. The number of carbonyl (C=O) groups is 10. The topological polar surface area (TPSA) is 352 Å². The number of esters is 6. The largest absolute Gasteiger partial charge is 0.460 e. The zero-order valence-electron chi connectivity index (χ0n) is 64.8. The van der Waals surface area contributed by atoms with Crippen LogP contribution in [-0.4, -0.2) is 165 Å². The quantitative estimate of drug-likeness (QED) is 0.0247. The first-order valence-electron chi connectivity index (χ1n) is 35.6. The Bertz CT molecular complexity index is 3760. The van der Waals surface area contributed by atoms with Crippen LogP contribution in [-0.2, 0) is 76.4 Å². The SMILES string of the molecule is CC(C)[C@H](CC(=O)OC(C)(C)C)C(=O)N[C@@H](C)C(=O)N1CCC[C@@H](C(=O)OCC(Cl)(Cl)Cl)N1.CC(C)[C@H](CC(=O)OC(C)(C)C)C(=O)N[C@@H](C)C(=O)N1CCC[C@@H](C(=O)O[C@H](C)c2cc3cc(/C=C/CC(=O)OC(C)(C)C)ccc3nn2)N1.C[C@@H](O)c1cc2cc(/C=C/CC(=O)OC(C)(C)C)ccc2nn1. The molecule has 2 aliphatic heterocycles. The van der Waals surface area contributed by atoms with E-state index >= 15 is 0 Å². The number of hydrazine groups is 2. The van der Waals surface area contributed by atoms with E-state index in [1.165, 1.54) is 16.9 Å². The number of ether oxygens (including phenoxy) is 6. The van der Waals surface area contributed by atoms with Crippen molar-refractivity contribution in [2.75, 3.05) is 19.7 Å². The van der Waals surface area contributed by atoms with Gasteiger partial charge in [0.2, 0.25) is 15.6 Å². The van der Waals surface area contributed by atoms with Gasteiger partial charge in [0.25, 0.3) is 11.8 Å². The van der Waals surface area contributed by atoms with E-state index in [2.05, 4.69) is 41.9 Å². The van der Waals surface area contributed by atoms with E-state index in [9.17, 15) is 53.1 Å². The lowest BCUT2D eigenvalue weighted by Gasteiger charge is -2.35. The molecule has 0 unspecified atom stereocenters. The van der Waals surface area contributed by atoms with Gasteiger partial charge in [-0.2, -0.15) is 20.4 Å². The summed E-state index contributed by atoms with van der Waals surface area (Å²) in [6.07, 6.45) is 7.97. The summed E-state index contributed by atoms with van der Waals surface area (Å²) in [5.74, 6) is -6.07. The molecule has 27 nitrogen and oxygen atoms in total. The van der Waals surface area contributed by atoms with Crippen LogP contribution in [0, 0.1) is 23.7 Å². The normalized spacial score (nSPS) is 17.0. The number of benzene rings is 2. The predicted molar refractivity (Wildman–Crippen MR) is 403 cm³/mol. The summed E-state index contributed by atoms with van der Waals surface area (Å²) in [4.78, 5) is 126. The van der Waals surface area contributed by atoms with Crippen LogP contribution in [0.1, 0.15) is 225 Å². The smallest absolute Gasteiger partial charge is 0.325 e. The van der Waals surface area contributed by atoms with E-state index in [4.69, 9.17) is 63.2 Å². The summed E-state index contributed by atoms with van der Waals surface area (Å²) in [6, 6.07) is 11.6. The lowest BCUT2D eigenvalue weighted by Crippen LogP contribution is -2.60. The number of aliphatic hydroxyl groups is 1. The van der Waals surface area contributed by atoms with Crippen LogP contribution in [0.2, 0.25) is 0 Å². The van der Waals surface area contributed by atoms with E-state index in [1.807, 2.05) is 124 Å². The Morgan fingerprint density at radius 1 is 0.528 bits per heavy atom. The number of carbonyl (C=O) groups excluding carboxylic acids is 10. The molecule has 0 saturated carbocycles. The van der Waals surface area contributed by atoms with Gasteiger partial charge < -0.3 is 44.2 Å². The van der Waals surface area contributed by atoms with Crippen molar-refractivity contribution in [1.29, 1.82) is 0 Å². The minimum atomic E-state index is -1.73. The Kier molecular flexibility index (Phi) is 34.4. The van der Waals surface area contributed by atoms with Crippen LogP contribution in [0.3, 0.4) is 0 Å². The summed E-state index contributed by atoms with van der Waals surface area (Å²) in [5, 5.41) is 35.9. The molecule has 30 heteroatoms. The van der Waals surface area contributed by atoms with Crippen molar-refractivity contribution < 1.29 is 81.5 Å². The van der Waals surface area contributed by atoms with Gasteiger partial charge in [0.05, 0.1) is 60.4 Å². The molecule has 5 N–H and O–H groups in total. The molecule has 2 aromatic carbocycles. The van der Waals surface area contributed by atoms with Crippen LogP contribution >= 0.6 is 34.8 Å². The highest BCUT2D eigenvalue weighted by atomic mass is 35.6. The van der Waals surface area contributed by atoms with Crippen molar-refractivity contribution in [2.24, 2.45) is 23.7 Å². The van der Waals surface area contributed by atoms with E-state index in [0.29, 0.717) is 55.7 Å². The molecule has 2 aromatic heterocycles. The van der Waals surface area contributed by atoms with Crippen molar-refractivity contribution >= 4 is 128 Å². The van der Waals surface area contributed by atoms with Crippen molar-refractivity contribution in [2.45, 2.75) is 252 Å². The van der Waals surface area contributed by atoms with Gasteiger partial charge in [-0.3, -0.25) is 58.0 Å². The van der Waals surface area contributed by atoms with Gasteiger partial charge >= 0.3 is 35.8 Å². The third-order valence-corrected chi connectivity index (χ3v) is 16.0. The molecule has 2 fully saturated rings. The number of aromatic nitrogens is 4. The zero-order valence-corrected chi connectivity index (χ0v) is 67.0. The minimum absolute atomic E-state index is 0.0965. The molecular formula is C76H109Cl3N10O17. The van der Waals surface area contributed by atoms with Crippen molar-refractivity contribution in [3.05, 3.63) is 83.2 Å². The first-order valence-corrected chi connectivity index (χ1v) is 36.7. The van der Waals surface area contributed by atoms with Gasteiger partial charge in [-0.15, -0.1) is 0 Å². The second-order valence-electron chi connectivity index (χ2n) is 30.9. The van der Waals surface area contributed by atoms with Crippen LogP contribution < -0.4 is 21.5 Å². The number of fused-ring (bicyclic) bond motifs is 2. The maximum Gasteiger partial charge on any atom is 0.325 e. The number of alkyl halides is 3. The number of halogens is 3. The van der Waals surface area contributed by atoms with Gasteiger partial charge in [0.15, 0.2) is 0 Å². The lowest BCUT2D eigenvalue weighted by molar-refractivity contribution is -0.159. The number of hydrogen-bond donors (Lipinski definition) is 5. The van der Waals surface area contributed by atoms with E-state index < -0.39 is 129 Å². The lowest BCUT2D eigenvalue weighted by atomic mass is 9.91. The Hall–Kier alpha value is -7.95. The number of aliphatic hydroxyl groups excluding tert-OH is 1. The van der Waals surface area contributed by atoms with Gasteiger partial charge in [-0.1, -0.05) is 98.9 Å². The second kappa shape index (κ2) is 40.3. The van der Waals surface area contributed by atoms with Crippen molar-refractivity contribution in [3.8, 4) is 0 Å². The Labute approximate surface area is 637 Å². The van der Waals surface area contributed by atoms with Crippen molar-refractivity contribution in [3.63, 3.8) is 0 Å². The third kappa shape index (κ3) is 33.0. The van der Waals surface area contributed by atoms with Crippen LogP contribution in [0.15, 0.2) is 60.7 Å². The molecule has 106 heavy (non-hydrogen) atoms. The van der Waals surface area contributed by atoms with Gasteiger partial charge in [-0.25, -0.2) is 10.9 Å². The highest BCUT2D eigenvalue weighted by molar-refractivity contribution is 6.67. The summed E-state index contributed by atoms with van der Waals surface area (Å²) in [5.41, 5.74) is 7.63. The fourth-order valence-electron chi connectivity index (χ4n) is 10.5. The number of hydrogen-bond acceptors (Lipinski definition) is 23. The van der Waals surface area contributed by atoms with E-state index in [0.717, 1.165) is 27.4 Å². The molecule has 586 valence electrons. The number of nitrogens with one attached hydrogen (secondary N) is 4. The first-order chi connectivity index (χ1) is 49.0. The monoisotopic (exact) mass is 1540 g/mol. The van der Waals surface area contributed by atoms with Crippen LogP contribution in [0.4, 0.5) is 0 Å². The summed E-state index contributed by atoms with van der Waals surface area (Å²) >= 11 is 16.8. The van der Waals surface area contributed by atoms with Gasteiger partial charge in [0, 0.05) is 23.9 Å². The number of rotatable bonds is 24. The molecule has 0 spiro atoms. The molecule has 2 saturated heterocycles. The number of amides is 4. The summed E-state index contributed by atoms with van der Waals surface area (Å²) in [7, 11) is 0. The summed E-state index contributed by atoms with van der Waals surface area (Å²) in [6.45, 7) is 35.6. The van der Waals surface area contributed by atoms with Gasteiger partial charge in [0.1, 0.15) is 65.0 Å². The fraction of sp³-hybridized carbons (Fsp3) is 0.605. The molecule has 4 heterocycles. The minimum Gasteiger partial charge on any atom is -0.460 e. The predicted octanol–water partition coefficient (Wildman–Crippen LogP) is 11.3. The molecule has 4 aromatic rings. The number of nitrogens with zero attached hydrogens (tertiary/aromatic N) is 6. The average molecular weight is 1540 g/mol. The Morgan fingerprint density at radius 3 is 1.26 bits per heavy atom. The summed E-state index contributed by atoms with van der Waals surface area (Å²) < 4.78 is 30.3. The van der Waals surface area contributed by atoms with E-state index in [-0.39, 0.29) is 49.5 Å². The Morgan fingerprint density at radius 2 is 0.896 bits per heavy atom. The molecular weight excluding hydrogens is 1430 g/mol. The highest BCUT2D eigenvalue weighted by Crippen LogP contribution is 2.28. The maximum atomic E-state index is 13.3. The van der Waals surface area contributed by atoms with Crippen molar-refractivity contribution in [1.82, 2.24) is 51.9 Å². The second-order valence-corrected chi connectivity index (χ2v) is 33.4. The van der Waals surface area contributed by atoms with Gasteiger partial charge in [-0.05, 0) is 196 Å². The van der Waals surface area contributed by atoms with Crippen LogP contribution in [0.25, 0.3) is 34.0 Å². The molecule has 4 amide bonds. The standard InChI is InChI=1S/C37H53N5O8.C21H34Cl3N3O6.C18H22N2O3/c1-22(2)27(21-32(44)50-37(8,9)10)33(45)38-23(3)34(46)42-18-12-14-29(41-42)35(47)48-24(4)30-20-26-19-25(16-17-28(26)39-40-30)13-11-15-31(43)49-36(5,6)7;1-12(2)14(10-16(28)33-20(4,5)6)17(29)25-13(3)18(30)27-9-7-8-15(26-27)19(31)32-11-21(22,23)24;1-12(21)16-11-14-10-13(8-9-15(14)19-20-16)6-5-7-17(22)23-18(2,3)4/h11,13,16-17,19-20,22-24,27,29,41H,12,14-15,18,21H2,1-10H3,(H,38,45);12-15,26H,7-11H2,1-6H3,(H,25,29);5-6,8-12,21H,7H2,1-4H3/b13-11+;;6-5+/t23-,24+,27-,29-;13-,14-,15-;12-/m001/s1. The highest BCUT2D eigenvalue weighted by Gasteiger charge is 2.38. The molecule has 0 radical (unpaired) electrons. The Balaban J connectivity index is 0.000000364. The maximum absolute atomic E-state index is 13.3. The fourth-order valence-corrected chi connectivity index (χ4v) is 10.7. The molecule has 8 atom stereocenters.